The van der Waals surface area contributed by atoms with Crippen molar-refractivity contribution in [2.24, 2.45) is 0 Å². The van der Waals surface area contributed by atoms with Gasteiger partial charge in [0.15, 0.2) is 0 Å². The lowest BCUT2D eigenvalue weighted by molar-refractivity contribution is -0.140. The maximum atomic E-state index is 14.1. The molecule has 0 saturated heterocycles. The van der Waals surface area contributed by atoms with Crippen molar-refractivity contribution in [1.29, 1.82) is 0 Å². The van der Waals surface area contributed by atoms with Crippen LogP contribution in [0.25, 0.3) is 0 Å². The van der Waals surface area contributed by atoms with Gasteiger partial charge in [0, 0.05) is 18.1 Å². The van der Waals surface area contributed by atoms with Crippen LogP contribution in [0.15, 0.2) is 77.7 Å². The molecule has 0 aromatic heterocycles. The Balaban J connectivity index is 2.06. The van der Waals surface area contributed by atoms with Crippen molar-refractivity contribution in [1.82, 2.24) is 10.2 Å². The number of aryl methyl sites for hydroxylation is 2. The van der Waals surface area contributed by atoms with E-state index in [4.69, 9.17) is 11.6 Å². The highest BCUT2D eigenvalue weighted by atomic mass is 35.5. The van der Waals surface area contributed by atoms with Crippen LogP contribution in [0, 0.1) is 13.8 Å². The Bertz CT molecular complexity index is 1410. The first kappa shape index (κ1) is 31.2. The highest BCUT2D eigenvalue weighted by Gasteiger charge is 2.34. The van der Waals surface area contributed by atoms with Crippen molar-refractivity contribution in [3.05, 3.63) is 94.5 Å². The number of sulfonamides is 1. The van der Waals surface area contributed by atoms with Gasteiger partial charge in [0.05, 0.1) is 10.6 Å². The quantitative estimate of drug-likeness (QED) is 0.255. The third kappa shape index (κ3) is 7.64. The summed E-state index contributed by atoms with van der Waals surface area (Å²) in [6.45, 7) is 7.62. The predicted octanol–water partition coefficient (Wildman–Crippen LogP) is 5.88. The third-order valence-electron chi connectivity index (χ3n) is 6.79. The molecule has 1 atom stereocenters. The molecular formula is C31H38ClN3O4S. The molecule has 0 aliphatic heterocycles. The van der Waals surface area contributed by atoms with Gasteiger partial charge < -0.3 is 10.2 Å². The van der Waals surface area contributed by atoms with Gasteiger partial charge in [-0.05, 0) is 62.1 Å². The van der Waals surface area contributed by atoms with Gasteiger partial charge in [-0.15, -0.1) is 0 Å². The number of para-hydroxylation sites is 1. The summed E-state index contributed by atoms with van der Waals surface area (Å²) in [5, 5.41) is 3.39. The van der Waals surface area contributed by atoms with Crippen molar-refractivity contribution >= 4 is 39.1 Å². The number of nitrogens with zero attached hydrogens (tertiary/aromatic N) is 2. The maximum Gasteiger partial charge on any atom is 0.264 e. The van der Waals surface area contributed by atoms with Gasteiger partial charge in [0.2, 0.25) is 11.8 Å². The maximum absolute atomic E-state index is 14.1. The van der Waals surface area contributed by atoms with Gasteiger partial charge in [-0.25, -0.2) is 8.42 Å². The predicted molar refractivity (Wildman–Crippen MR) is 161 cm³/mol. The second kappa shape index (κ2) is 14.3. The smallest absolute Gasteiger partial charge is 0.264 e. The Morgan fingerprint density at radius 2 is 1.57 bits per heavy atom. The van der Waals surface area contributed by atoms with Crippen LogP contribution in [0.4, 0.5) is 5.69 Å². The summed E-state index contributed by atoms with van der Waals surface area (Å²) in [5.74, 6) is -0.781. The molecular weight excluding hydrogens is 546 g/mol. The molecule has 2 amide bonds. The molecule has 0 fully saturated rings. The minimum Gasteiger partial charge on any atom is -0.354 e. The largest absolute Gasteiger partial charge is 0.354 e. The van der Waals surface area contributed by atoms with Crippen molar-refractivity contribution < 1.29 is 18.0 Å². The molecule has 9 heteroatoms. The molecule has 0 radical (unpaired) electrons. The Morgan fingerprint density at radius 3 is 2.20 bits per heavy atom. The van der Waals surface area contributed by atoms with Crippen molar-refractivity contribution in [2.75, 3.05) is 17.4 Å². The van der Waals surface area contributed by atoms with E-state index in [1.807, 2.05) is 32.9 Å². The number of anilines is 1. The summed E-state index contributed by atoms with van der Waals surface area (Å²) in [4.78, 5) is 28.9. The standard InChI is InChI=1S/C31H38ClN3O4S/c1-5-7-20-33-31(37)28(6-2)34(21-25-13-9-10-14-27(25)32)30(36)22-35(29-15-11-8-12-24(29)4)40(38,39)26-18-16-23(3)17-19-26/h8-19,28H,5-7,20-22H2,1-4H3,(H,33,37). The average molecular weight is 584 g/mol. The molecule has 0 bridgehead atoms. The third-order valence-corrected chi connectivity index (χ3v) is 8.93. The molecule has 0 saturated carbocycles. The average Bonchev–Trinajstić information content (AvgIpc) is 2.93. The van der Waals surface area contributed by atoms with Gasteiger partial charge in [-0.1, -0.05) is 86.0 Å². The van der Waals surface area contributed by atoms with E-state index in [9.17, 15) is 18.0 Å². The molecule has 7 nitrogen and oxygen atoms in total. The van der Waals surface area contributed by atoms with Crippen LogP contribution < -0.4 is 9.62 Å². The number of halogens is 1. The molecule has 1 unspecified atom stereocenters. The lowest BCUT2D eigenvalue weighted by Crippen LogP contribution is -2.52. The van der Waals surface area contributed by atoms with Crippen LogP contribution in [0.1, 0.15) is 49.8 Å². The van der Waals surface area contributed by atoms with Crippen LogP contribution in [-0.2, 0) is 26.2 Å². The molecule has 0 spiro atoms. The topological polar surface area (TPSA) is 86.8 Å². The fraction of sp³-hybridized carbons (Fsp3) is 0.355. The minimum absolute atomic E-state index is 0.0599. The molecule has 40 heavy (non-hydrogen) atoms. The van der Waals surface area contributed by atoms with E-state index in [2.05, 4.69) is 5.32 Å². The zero-order chi connectivity index (χ0) is 29.3. The van der Waals surface area contributed by atoms with Gasteiger partial charge in [-0.3, -0.25) is 13.9 Å². The van der Waals surface area contributed by atoms with Crippen molar-refractivity contribution in [2.45, 2.75) is 64.4 Å². The summed E-state index contributed by atoms with van der Waals surface area (Å²) < 4.78 is 29.1. The number of carbonyl (C=O) groups excluding carboxylic acids is 2. The van der Waals surface area contributed by atoms with E-state index >= 15 is 0 Å². The second-order valence-electron chi connectivity index (χ2n) is 9.79. The van der Waals surface area contributed by atoms with Gasteiger partial charge in [-0.2, -0.15) is 0 Å². The second-order valence-corrected chi connectivity index (χ2v) is 12.1. The zero-order valence-corrected chi connectivity index (χ0v) is 25.1. The van der Waals surface area contributed by atoms with Crippen molar-refractivity contribution in [3.63, 3.8) is 0 Å². The lowest BCUT2D eigenvalue weighted by Gasteiger charge is -2.33. The number of hydrogen-bond acceptors (Lipinski definition) is 4. The molecule has 3 aromatic carbocycles. The van der Waals surface area contributed by atoms with E-state index in [0.29, 0.717) is 34.8 Å². The van der Waals surface area contributed by atoms with Gasteiger partial charge in [0.1, 0.15) is 12.6 Å². The number of benzene rings is 3. The van der Waals surface area contributed by atoms with E-state index < -0.39 is 28.5 Å². The SMILES string of the molecule is CCCCNC(=O)C(CC)N(Cc1ccccc1Cl)C(=O)CN(c1ccccc1C)S(=O)(=O)c1ccc(C)cc1. The first-order valence-electron chi connectivity index (χ1n) is 13.6. The van der Waals surface area contributed by atoms with Gasteiger partial charge >= 0.3 is 0 Å². The van der Waals surface area contributed by atoms with Crippen LogP contribution in [0.2, 0.25) is 5.02 Å². The molecule has 0 aliphatic rings. The van der Waals surface area contributed by atoms with Crippen molar-refractivity contribution in [3.8, 4) is 0 Å². The number of carbonyl (C=O) groups is 2. The molecule has 3 aromatic rings. The molecule has 1 N–H and O–H groups in total. The van der Waals surface area contributed by atoms with E-state index in [0.717, 1.165) is 22.7 Å². The first-order valence-corrected chi connectivity index (χ1v) is 15.4. The molecule has 0 heterocycles. The zero-order valence-electron chi connectivity index (χ0n) is 23.6. The molecule has 3 rings (SSSR count). The first-order chi connectivity index (χ1) is 19.1. The molecule has 214 valence electrons. The number of nitrogens with one attached hydrogen (secondary N) is 1. The van der Waals surface area contributed by atoms with Gasteiger partial charge in [0.25, 0.3) is 10.0 Å². The highest BCUT2D eigenvalue weighted by Crippen LogP contribution is 2.28. The Hall–Kier alpha value is -3.36. The highest BCUT2D eigenvalue weighted by molar-refractivity contribution is 7.92. The normalized spacial score (nSPS) is 12.0. The number of rotatable bonds is 13. The summed E-state index contributed by atoms with van der Waals surface area (Å²) in [5.41, 5.74) is 2.69. The van der Waals surface area contributed by atoms with E-state index in [1.165, 1.54) is 17.0 Å². The lowest BCUT2D eigenvalue weighted by atomic mass is 10.1. The number of unbranched alkanes of at least 4 members (excludes halogenated alkanes) is 1. The van der Waals surface area contributed by atoms with Crippen LogP contribution in [-0.4, -0.2) is 44.3 Å². The number of hydrogen-bond donors (Lipinski definition) is 1. The summed E-state index contributed by atoms with van der Waals surface area (Å²) in [6, 6.07) is 19.9. The Morgan fingerprint density at radius 1 is 0.925 bits per heavy atom. The van der Waals surface area contributed by atoms with E-state index in [-0.39, 0.29) is 17.3 Å². The minimum atomic E-state index is -4.11. The van der Waals surface area contributed by atoms with Crippen LogP contribution in [0.3, 0.4) is 0 Å². The Kier molecular flexibility index (Phi) is 11.2. The number of amides is 2. The summed E-state index contributed by atoms with van der Waals surface area (Å²) in [7, 11) is -4.11. The van der Waals surface area contributed by atoms with E-state index in [1.54, 1.807) is 55.5 Å². The van der Waals surface area contributed by atoms with Crippen LogP contribution >= 0.6 is 11.6 Å². The van der Waals surface area contributed by atoms with Crippen LogP contribution in [0.5, 0.6) is 0 Å². The Labute approximate surface area is 243 Å². The summed E-state index contributed by atoms with van der Waals surface area (Å²) in [6.07, 6.45) is 2.08. The fourth-order valence-electron chi connectivity index (χ4n) is 4.43. The molecule has 0 aliphatic carbocycles. The fourth-order valence-corrected chi connectivity index (χ4v) is 6.10. The monoisotopic (exact) mass is 583 g/mol. The summed E-state index contributed by atoms with van der Waals surface area (Å²) >= 11 is 6.45.